The molecule has 0 radical (unpaired) electrons. The third-order valence-electron chi connectivity index (χ3n) is 2.99. The molecule has 0 amide bonds. The van der Waals surface area contributed by atoms with Gasteiger partial charge in [0.2, 0.25) is 0 Å². The number of anilines is 1. The van der Waals surface area contributed by atoms with E-state index in [2.05, 4.69) is 9.71 Å². The molecule has 1 heterocycles. The number of aromatic nitrogens is 1. The molecule has 3 rings (SSSR count). The summed E-state index contributed by atoms with van der Waals surface area (Å²) in [6, 6.07) is 12.8. The van der Waals surface area contributed by atoms with Crippen molar-refractivity contribution in [2.75, 3.05) is 4.72 Å². The quantitative estimate of drug-likeness (QED) is 0.652. The molecule has 1 aromatic heterocycles. The summed E-state index contributed by atoms with van der Waals surface area (Å²) in [5, 5.41) is 9.93. The number of thiazole rings is 1. The zero-order valence-electron chi connectivity index (χ0n) is 11.7. The van der Waals surface area contributed by atoms with Gasteiger partial charge in [-0.2, -0.15) is 0 Å². The Balaban J connectivity index is 1.73. The lowest BCUT2D eigenvalue weighted by molar-refractivity contribution is 0.0698. The number of para-hydroxylation sites is 1. The number of hydrogen-bond donors (Lipinski definition) is 2. The molecule has 0 fully saturated rings. The summed E-state index contributed by atoms with van der Waals surface area (Å²) in [7, 11) is 0. The van der Waals surface area contributed by atoms with Crippen molar-refractivity contribution in [2.45, 2.75) is 4.21 Å². The number of nitrogens with one attached hydrogen (secondary N) is 1. The maximum atomic E-state index is 12.9. The van der Waals surface area contributed by atoms with Crippen LogP contribution in [0, 0.1) is 5.82 Å². The summed E-state index contributed by atoms with van der Waals surface area (Å²) < 4.78 is 16.9. The molecule has 2 N–H and O–H groups in total. The molecule has 2 aromatic carbocycles. The lowest BCUT2D eigenvalue weighted by Gasteiger charge is -2.06. The van der Waals surface area contributed by atoms with Crippen molar-refractivity contribution in [1.82, 2.24) is 4.98 Å². The van der Waals surface area contributed by atoms with Crippen LogP contribution in [0.2, 0.25) is 0 Å². The van der Waals surface area contributed by atoms with E-state index in [9.17, 15) is 9.18 Å². The van der Waals surface area contributed by atoms with Crippen LogP contribution in [0.4, 0.5) is 10.1 Å². The first-order valence-corrected chi connectivity index (χ1v) is 8.24. The zero-order valence-corrected chi connectivity index (χ0v) is 13.3. The van der Waals surface area contributed by atoms with Crippen LogP contribution in [0.5, 0.6) is 0 Å². The standard InChI is InChI=1S/C16H11FN2O2S2/c17-11-7-5-10(6-8-11)15-18-9-14(22-15)23-19-13-4-2-1-3-12(13)16(20)21/h1-9,19H,(H,20,21). The number of carboxylic acid groups (broad SMARTS) is 1. The Morgan fingerprint density at radius 1 is 1.17 bits per heavy atom. The van der Waals surface area contributed by atoms with Crippen molar-refractivity contribution < 1.29 is 14.3 Å². The largest absolute Gasteiger partial charge is 0.478 e. The van der Waals surface area contributed by atoms with Gasteiger partial charge in [-0.25, -0.2) is 14.2 Å². The summed E-state index contributed by atoms with van der Waals surface area (Å²) in [6.45, 7) is 0. The molecule has 0 saturated carbocycles. The molecule has 0 unspecified atom stereocenters. The van der Waals surface area contributed by atoms with Crippen molar-refractivity contribution in [3.63, 3.8) is 0 Å². The minimum Gasteiger partial charge on any atom is -0.478 e. The molecule has 23 heavy (non-hydrogen) atoms. The molecular weight excluding hydrogens is 335 g/mol. The number of carbonyl (C=O) groups is 1. The van der Waals surface area contributed by atoms with Crippen LogP contribution in [-0.2, 0) is 0 Å². The number of rotatable bonds is 5. The number of benzene rings is 2. The van der Waals surface area contributed by atoms with Crippen LogP contribution in [0.1, 0.15) is 10.4 Å². The summed E-state index contributed by atoms with van der Waals surface area (Å²) >= 11 is 2.74. The minimum atomic E-state index is -0.981. The third kappa shape index (κ3) is 3.69. The van der Waals surface area contributed by atoms with Crippen molar-refractivity contribution in [1.29, 1.82) is 0 Å². The number of nitrogens with zero attached hydrogens (tertiary/aromatic N) is 1. The second-order valence-corrected chi connectivity index (χ2v) is 6.68. The van der Waals surface area contributed by atoms with E-state index in [-0.39, 0.29) is 11.4 Å². The molecule has 116 valence electrons. The first-order valence-electron chi connectivity index (χ1n) is 6.60. The molecular formula is C16H11FN2O2S2. The highest BCUT2D eigenvalue weighted by molar-refractivity contribution is 8.02. The topological polar surface area (TPSA) is 62.2 Å². The fourth-order valence-electron chi connectivity index (χ4n) is 1.90. The summed E-state index contributed by atoms with van der Waals surface area (Å²) in [4.78, 5) is 15.5. The predicted molar refractivity (Wildman–Crippen MR) is 90.4 cm³/mol. The van der Waals surface area contributed by atoms with Crippen LogP contribution in [0.15, 0.2) is 58.9 Å². The lowest BCUT2D eigenvalue weighted by Crippen LogP contribution is -2.00. The van der Waals surface area contributed by atoms with Gasteiger partial charge in [-0.3, -0.25) is 0 Å². The van der Waals surface area contributed by atoms with Crippen LogP contribution >= 0.6 is 23.3 Å². The highest BCUT2D eigenvalue weighted by Crippen LogP contribution is 2.32. The maximum Gasteiger partial charge on any atom is 0.337 e. The highest BCUT2D eigenvalue weighted by Gasteiger charge is 2.10. The van der Waals surface area contributed by atoms with Gasteiger partial charge in [-0.15, -0.1) is 11.3 Å². The summed E-state index contributed by atoms with van der Waals surface area (Å²) in [5.41, 5.74) is 1.58. The smallest absolute Gasteiger partial charge is 0.337 e. The highest BCUT2D eigenvalue weighted by atomic mass is 32.2. The summed E-state index contributed by atoms with van der Waals surface area (Å²) in [5.74, 6) is -1.27. The van der Waals surface area contributed by atoms with Crippen molar-refractivity contribution in [3.05, 3.63) is 66.1 Å². The van der Waals surface area contributed by atoms with E-state index in [1.54, 1.807) is 42.6 Å². The van der Waals surface area contributed by atoms with Crippen LogP contribution < -0.4 is 4.72 Å². The average Bonchev–Trinajstić information content (AvgIpc) is 3.03. The first-order chi connectivity index (χ1) is 11.1. The van der Waals surface area contributed by atoms with Crippen molar-refractivity contribution in [2.24, 2.45) is 0 Å². The fourth-order valence-corrected chi connectivity index (χ4v) is 3.57. The molecule has 0 aliphatic carbocycles. The Kier molecular flexibility index (Phi) is 4.59. The lowest BCUT2D eigenvalue weighted by atomic mass is 10.2. The molecule has 0 bridgehead atoms. The van der Waals surface area contributed by atoms with Gasteiger partial charge in [0, 0.05) is 5.56 Å². The monoisotopic (exact) mass is 346 g/mol. The molecule has 4 nitrogen and oxygen atoms in total. The molecule has 3 aromatic rings. The Morgan fingerprint density at radius 2 is 1.91 bits per heavy atom. The first kappa shape index (κ1) is 15.5. The van der Waals surface area contributed by atoms with Gasteiger partial charge >= 0.3 is 5.97 Å². The normalized spacial score (nSPS) is 10.5. The number of aromatic carboxylic acids is 1. The molecule has 0 saturated heterocycles. The van der Waals surface area contributed by atoms with E-state index in [1.165, 1.54) is 35.4 Å². The van der Waals surface area contributed by atoms with E-state index < -0.39 is 5.97 Å². The van der Waals surface area contributed by atoms with Gasteiger partial charge in [0.05, 0.1) is 17.4 Å². The second-order valence-electron chi connectivity index (χ2n) is 4.55. The molecule has 0 atom stereocenters. The summed E-state index contributed by atoms with van der Waals surface area (Å²) in [6.07, 6.45) is 1.70. The predicted octanol–water partition coefficient (Wildman–Crippen LogP) is 4.77. The SMILES string of the molecule is O=C(O)c1ccccc1NSc1cnc(-c2ccc(F)cc2)s1. The second kappa shape index (κ2) is 6.80. The zero-order chi connectivity index (χ0) is 16.2. The number of hydrogen-bond acceptors (Lipinski definition) is 5. The van der Waals surface area contributed by atoms with Gasteiger partial charge in [0.15, 0.2) is 0 Å². The third-order valence-corrected chi connectivity index (χ3v) is 4.96. The number of carboxylic acids is 1. The molecule has 0 spiro atoms. The van der Waals surface area contributed by atoms with E-state index in [1.807, 2.05) is 0 Å². The van der Waals surface area contributed by atoms with Gasteiger partial charge in [0.25, 0.3) is 0 Å². The van der Waals surface area contributed by atoms with E-state index >= 15 is 0 Å². The van der Waals surface area contributed by atoms with Crippen LogP contribution in [0.25, 0.3) is 10.6 Å². The Hall–Kier alpha value is -2.38. The maximum absolute atomic E-state index is 12.9. The van der Waals surface area contributed by atoms with Gasteiger partial charge in [0.1, 0.15) is 15.0 Å². The molecule has 0 aliphatic heterocycles. The van der Waals surface area contributed by atoms with Gasteiger partial charge < -0.3 is 9.83 Å². The van der Waals surface area contributed by atoms with Crippen LogP contribution in [-0.4, -0.2) is 16.1 Å². The fraction of sp³-hybridized carbons (Fsp3) is 0. The van der Waals surface area contributed by atoms with E-state index in [4.69, 9.17) is 5.11 Å². The van der Waals surface area contributed by atoms with Gasteiger partial charge in [-0.05, 0) is 48.3 Å². The van der Waals surface area contributed by atoms with E-state index in [0.29, 0.717) is 5.69 Å². The van der Waals surface area contributed by atoms with E-state index in [0.717, 1.165) is 14.8 Å². The average molecular weight is 346 g/mol. The van der Waals surface area contributed by atoms with Crippen molar-refractivity contribution >= 4 is 34.9 Å². The van der Waals surface area contributed by atoms with Crippen molar-refractivity contribution in [3.8, 4) is 10.6 Å². The van der Waals surface area contributed by atoms with Crippen LogP contribution in [0.3, 0.4) is 0 Å². The Labute approximate surface area is 140 Å². The number of halogens is 1. The Bertz CT molecular complexity index is 834. The minimum absolute atomic E-state index is 0.211. The Morgan fingerprint density at radius 3 is 2.65 bits per heavy atom. The van der Waals surface area contributed by atoms with Gasteiger partial charge in [-0.1, -0.05) is 12.1 Å². The molecule has 7 heteroatoms. The molecule has 0 aliphatic rings.